The number of methoxy groups -OCH3 is 1. The van der Waals surface area contributed by atoms with Crippen molar-refractivity contribution in [2.75, 3.05) is 26.5 Å². The van der Waals surface area contributed by atoms with Crippen molar-refractivity contribution in [2.24, 2.45) is 5.41 Å². The van der Waals surface area contributed by atoms with Gasteiger partial charge in [0, 0.05) is 18.5 Å². The van der Waals surface area contributed by atoms with Crippen LogP contribution < -0.4 is 4.74 Å². The largest absolute Gasteiger partial charge is 0.497 e. The van der Waals surface area contributed by atoms with E-state index in [1.807, 2.05) is 28.8 Å². The van der Waals surface area contributed by atoms with Crippen molar-refractivity contribution in [3.05, 3.63) is 65.8 Å². The van der Waals surface area contributed by atoms with Gasteiger partial charge in [0.05, 0.1) is 50.5 Å². The maximum Gasteiger partial charge on any atom is 0.410 e. The first-order valence-electron chi connectivity index (χ1n) is 12.4. The van der Waals surface area contributed by atoms with Crippen molar-refractivity contribution in [3.8, 4) is 5.75 Å². The lowest BCUT2D eigenvalue weighted by molar-refractivity contribution is -0.0497. The van der Waals surface area contributed by atoms with Gasteiger partial charge in [0.15, 0.2) is 5.69 Å². The molecule has 200 valence electrons. The summed E-state index contributed by atoms with van der Waals surface area (Å²) < 4.78 is 42.6. The lowest BCUT2D eigenvalue weighted by Gasteiger charge is -2.44. The topological polar surface area (TPSA) is 104 Å². The molecule has 10 nitrogen and oxygen atoms in total. The Balaban J connectivity index is 1.41. The van der Waals surface area contributed by atoms with Crippen LogP contribution >= 0.6 is 0 Å². The van der Waals surface area contributed by atoms with E-state index in [9.17, 15) is 13.2 Å². The van der Waals surface area contributed by atoms with Crippen LogP contribution in [0.3, 0.4) is 0 Å². The first kappa shape index (κ1) is 26.0. The molecule has 2 atom stereocenters. The zero-order valence-corrected chi connectivity index (χ0v) is 22.2. The first-order valence-corrected chi connectivity index (χ1v) is 14.2. The second-order valence-corrected chi connectivity index (χ2v) is 12.1. The molecule has 1 amide bonds. The predicted octanol–water partition coefficient (Wildman–Crippen LogP) is 4.52. The number of fused-ring (bicyclic) bond motifs is 1. The van der Waals surface area contributed by atoms with E-state index in [4.69, 9.17) is 20.2 Å². The maximum atomic E-state index is 13.0. The Hall–Kier alpha value is -3.62. The van der Waals surface area contributed by atoms with Crippen molar-refractivity contribution in [1.82, 2.24) is 14.5 Å². The molecule has 3 aromatic rings. The molecule has 1 saturated heterocycles. The fourth-order valence-electron chi connectivity index (χ4n) is 5.77. The lowest BCUT2D eigenvalue weighted by atomic mass is 9.67. The van der Waals surface area contributed by atoms with Gasteiger partial charge in [0.25, 0.3) is 10.1 Å². The first-order chi connectivity index (χ1) is 18.1. The Kier molecular flexibility index (Phi) is 6.79. The summed E-state index contributed by atoms with van der Waals surface area (Å²) in [6.07, 6.45) is 4.95. The molecule has 11 heteroatoms. The van der Waals surface area contributed by atoms with Gasteiger partial charge in [0.2, 0.25) is 0 Å². The molecule has 2 heterocycles. The number of carbonyl (C=O) groups is 1. The Bertz CT molecular complexity index is 1500. The number of rotatable bonds is 8. The molecular formula is C27H30N4O6S. The number of aromatic nitrogens is 2. The SMILES string of the molecule is [C-]#[N+]c1ccc2ncn(C[C@@]3(COS(C)(=O)=O)CCCC4(CN(Cc5ccc(OC)cc5)C(=O)O4)C3)c2c1. The number of imidazole rings is 1. The second kappa shape index (κ2) is 9.93. The van der Waals surface area contributed by atoms with Crippen molar-refractivity contribution >= 4 is 32.9 Å². The summed E-state index contributed by atoms with van der Waals surface area (Å²) >= 11 is 0. The number of hydrogen-bond donors (Lipinski definition) is 0. The van der Waals surface area contributed by atoms with Crippen LogP contribution in [0.2, 0.25) is 0 Å². The van der Waals surface area contributed by atoms with Crippen LogP contribution in [-0.4, -0.2) is 61.1 Å². The minimum Gasteiger partial charge on any atom is -0.497 e. The van der Waals surface area contributed by atoms with Gasteiger partial charge in [-0.2, -0.15) is 8.42 Å². The third kappa shape index (κ3) is 5.47. The van der Waals surface area contributed by atoms with Gasteiger partial charge in [0.1, 0.15) is 11.4 Å². The molecule has 5 rings (SSSR count). The Morgan fingerprint density at radius 2 is 1.97 bits per heavy atom. The number of nitrogens with zero attached hydrogens (tertiary/aromatic N) is 4. The smallest absolute Gasteiger partial charge is 0.410 e. The van der Waals surface area contributed by atoms with E-state index in [1.54, 1.807) is 36.5 Å². The van der Waals surface area contributed by atoms with E-state index < -0.39 is 21.1 Å². The molecule has 2 fully saturated rings. The van der Waals surface area contributed by atoms with Crippen LogP contribution in [0.5, 0.6) is 5.75 Å². The summed E-state index contributed by atoms with van der Waals surface area (Å²) in [5.74, 6) is 0.743. The fraction of sp³-hybridized carbons (Fsp3) is 0.444. The average Bonchev–Trinajstić information content (AvgIpc) is 3.42. The van der Waals surface area contributed by atoms with Crippen molar-refractivity contribution in [2.45, 2.75) is 44.4 Å². The van der Waals surface area contributed by atoms with Crippen molar-refractivity contribution in [1.29, 1.82) is 0 Å². The van der Waals surface area contributed by atoms with E-state index in [0.29, 0.717) is 44.6 Å². The molecule has 1 unspecified atom stereocenters. The summed E-state index contributed by atoms with van der Waals surface area (Å²) in [5, 5.41) is 0. The highest BCUT2D eigenvalue weighted by molar-refractivity contribution is 7.85. The normalized spacial score (nSPS) is 23.5. The maximum absolute atomic E-state index is 13.0. The third-order valence-electron chi connectivity index (χ3n) is 7.43. The molecular weight excluding hydrogens is 508 g/mol. The second-order valence-electron chi connectivity index (χ2n) is 10.4. The zero-order chi connectivity index (χ0) is 27.0. The van der Waals surface area contributed by atoms with Gasteiger partial charge >= 0.3 is 6.09 Å². The Morgan fingerprint density at radius 1 is 1.18 bits per heavy atom. The number of amides is 1. The van der Waals surface area contributed by atoms with Crippen LogP contribution in [0.4, 0.5) is 10.5 Å². The zero-order valence-electron chi connectivity index (χ0n) is 21.4. The van der Waals surface area contributed by atoms with Crippen LogP contribution in [0.15, 0.2) is 48.8 Å². The molecule has 2 aliphatic rings. The van der Waals surface area contributed by atoms with E-state index in [2.05, 4.69) is 9.83 Å². The van der Waals surface area contributed by atoms with Gasteiger partial charge in [-0.25, -0.2) is 14.6 Å². The summed E-state index contributed by atoms with van der Waals surface area (Å²) in [5.41, 5.74) is 1.63. The third-order valence-corrected chi connectivity index (χ3v) is 7.97. The molecule has 0 N–H and O–H groups in total. The molecule has 38 heavy (non-hydrogen) atoms. The minimum atomic E-state index is -3.69. The standard InChI is InChI=1S/C27H30N4O6S/c1-28-21-7-10-23-24(13-21)31(19-29-23)16-26(18-36-38(3,33)34)11-4-12-27(15-26)17-30(25(32)37-27)14-20-5-8-22(35-2)9-6-20/h5-10,13,19H,4,11-12,14-18H2,2-3H3/t26-,27?/m1/s1. The molecule has 1 aliphatic carbocycles. The minimum absolute atomic E-state index is 0.0359. The molecule has 0 bridgehead atoms. The van der Waals surface area contributed by atoms with Gasteiger partial charge < -0.3 is 14.0 Å². The van der Waals surface area contributed by atoms with Crippen LogP contribution in [0.25, 0.3) is 15.9 Å². The molecule has 0 radical (unpaired) electrons. The Labute approximate surface area is 222 Å². The van der Waals surface area contributed by atoms with Crippen molar-refractivity contribution < 1.29 is 26.9 Å². The van der Waals surface area contributed by atoms with Crippen LogP contribution in [0, 0.1) is 12.0 Å². The van der Waals surface area contributed by atoms with Crippen molar-refractivity contribution in [3.63, 3.8) is 0 Å². The summed E-state index contributed by atoms with van der Waals surface area (Å²) in [6.45, 7) is 8.56. The molecule has 1 spiro atoms. The number of benzene rings is 2. The summed E-state index contributed by atoms with van der Waals surface area (Å²) in [4.78, 5) is 22.7. The van der Waals surface area contributed by atoms with E-state index in [-0.39, 0.29) is 12.7 Å². The quantitative estimate of drug-likeness (QED) is 0.307. The van der Waals surface area contributed by atoms with E-state index in [0.717, 1.165) is 35.0 Å². The van der Waals surface area contributed by atoms with Gasteiger partial charge in [-0.1, -0.05) is 18.2 Å². The molecule has 1 saturated carbocycles. The van der Waals surface area contributed by atoms with E-state index in [1.165, 1.54) is 0 Å². The summed E-state index contributed by atoms with van der Waals surface area (Å²) in [6, 6.07) is 12.9. The molecule has 1 aliphatic heterocycles. The number of hydrogen-bond acceptors (Lipinski definition) is 7. The fourth-order valence-corrected chi connectivity index (χ4v) is 6.24. The molecule has 1 aromatic heterocycles. The number of carbonyl (C=O) groups excluding carboxylic acids is 1. The van der Waals surface area contributed by atoms with Crippen LogP contribution in [-0.2, 0) is 32.1 Å². The highest BCUT2D eigenvalue weighted by Crippen LogP contribution is 2.48. The highest BCUT2D eigenvalue weighted by atomic mass is 32.2. The molecule has 2 aromatic carbocycles. The van der Waals surface area contributed by atoms with Crippen LogP contribution in [0.1, 0.15) is 31.2 Å². The number of ether oxygens (including phenoxy) is 2. The summed E-state index contributed by atoms with van der Waals surface area (Å²) in [7, 11) is -2.08. The monoisotopic (exact) mass is 538 g/mol. The Morgan fingerprint density at radius 3 is 2.68 bits per heavy atom. The van der Waals surface area contributed by atoms with Gasteiger partial charge in [-0.3, -0.25) is 9.08 Å². The van der Waals surface area contributed by atoms with E-state index >= 15 is 0 Å². The van der Waals surface area contributed by atoms with Gasteiger partial charge in [-0.15, -0.1) is 0 Å². The predicted molar refractivity (Wildman–Crippen MR) is 140 cm³/mol. The average molecular weight is 539 g/mol. The lowest BCUT2D eigenvalue weighted by Crippen LogP contribution is -2.48. The highest BCUT2D eigenvalue weighted by Gasteiger charge is 2.53. The van der Waals surface area contributed by atoms with Gasteiger partial charge in [-0.05, 0) is 55.5 Å².